The minimum absolute atomic E-state index is 0.104. The van der Waals surface area contributed by atoms with Crippen molar-refractivity contribution in [1.29, 1.82) is 0 Å². The van der Waals surface area contributed by atoms with Crippen molar-refractivity contribution in [3.63, 3.8) is 0 Å². The first-order valence-corrected chi connectivity index (χ1v) is 11.6. The number of ether oxygens (including phenoxy) is 1. The molecule has 2 rings (SSSR count). The molecule has 0 saturated carbocycles. The molecule has 0 aliphatic carbocycles. The standard InChI is InChI=1S/C9H17N4O13P3/c10-5-1-2-13(9(15)12-5)8-6(11)7(14)4(24-8)3-23-28(19,20)26-29(21,22)25-27(16,17)18/h1-2,4,6-8,14H,3,11H2,(H,19,20)(H,21,22)(H2,10,12,15)(H2,16,17,18)/p-4. The Labute approximate surface area is 161 Å². The fraction of sp³-hybridized carbons (Fsp3) is 0.556. The number of aromatic nitrogens is 2. The van der Waals surface area contributed by atoms with Gasteiger partial charge in [0.05, 0.1) is 20.5 Å². The molecule has 1 aromatic rings. The van der Waals surface area contributed by atoms with E-state index in [1.54, 1.807) is 0 Å². The Morgan fingerprint density at radius 3 is 2.38 bits per heavy atom. The van der Waals surface area contributed by atoms with Gasteiger partial charge < -0.3 is 50.0 Å². The maximum Gasteiger partial charge on any atom is 0.351 e. The fourth-order valence-corrected chi connectivity index (χ4v) is 5.09. The minimum Gasteiger partial charge on any atom is -0.790 e. The molecule has 1 aromatic heterocycles. The Morgan fingerprint density at radius 2 is 1.83 bits per heavy atom. The summed E-state index contributed by atoms with van der Waals surface area (Å²) in [5.74, 6) is -0.104. The number of hydrogen-bond acceptors (Lipinski definition) is 16. The van der Waals surface area contributed by atoms with Gasteiger partial charge in [-0.2, -0.15) is 4.98 Å². The second-order valence-corrected chi connectivity index (χ2v) is 9.72. The smallest absolute Gasteiger partial charge is 0.351 e. The second kappa shape index (κ2) is 8.61. The van der Waals surface area contributed by atoms with E-state index in [4.69, 9.17) is 16.2 Å². The Balaban J connectivity index is 2.05. The molecular weight excluding hydrogens is 465 g/mol. The molecule has 1 aliphatic rings. The molecule has 17 nitrogen and oxygen atoms in total. The van der Waals surface area contributed by atoms with Gasteiger partial charge in [0.2, 0.25) is 0 Å². The van der Waals surface area contributed by atoms with Crippen LogP contribution in [0.15, 0.2) is 17.1 Å². The lowest BCUT2D eigenvalue weighted by Crippen LogP contribution is -2.42. The summed E-state index contributed by atoms with van der Waals surface area (Å²) in [6, 6.07) is -0.0383. The molecule has 5 N–H and O–H groups in total. The van der Waals surface area contributed by atoms with Crippen LogP contribution >= 0.6 is 23.5 Å². The number of hydrogen-bond donors (Lipinski definition) is 3. The largest absolute Gasteiger partial charge is 0.790 e. The predicted molar refractivity (Wildman–Crippen MR) is 81.7 cm³/mol. The third kappa shape index (κ3) is 6.73. The maximum absolute atomic E-state index is 11.8. The maximum atomic E-state index is 11.8. The molecule has 0 aromatic carbocycles. The van der Waals surface area contributed by atoms with Crippen LogP contribution < -0.4 is 36.7 Å². The van der Waals surface area contributed by atoms with Crippen molar-refractivity contribution in [2.24, 2.45) is 5.73 Å². The summed E-state index contributed by atoms with van der Waals surface area (Å²) in [6.07, 6.45) is -3.25. The van der Waals surface area contributed by atoms with Crippen LogP contribution in [-0.4, -0.2) is 39.5 Å². The lowest BCUT2D eigenvalue weighted by Gasteiger charge is -2.37. The molecule has 1 fully saturated rings. The van der Waals surface area contributed by atoms with Crippen molar-refractivity contribution < 1.29 is 56.3 Å². The molecular formula is C9H13N4O13P3-4. The summed E-state index contributed by atoms with van der Waals surface area (Å²) in [5.41, 5.74) is 10.2. The SMILES string of the molecule is Nc1ccn(C2OC(COP(=O)([O-])OP(=O)([O-])OP(=O)([O-])[O-])C(O)C2N)c(=O)n1. The highest BCUT2D eigenvalue weighted by atomic mass is 31.3. The van der Waals surface area contributed by atoms with Gasteiger partial charge in [0, 0.05) is 6.20 Å². The van der Waals surface area contributed by atoms with Crippen molar-refractivity contribution in [2.45, 2.75) is 24.5 Å². The number of rotatable bonds is 8. The van der Waals surface area contributed by atoms with E-state index in [0.29, 0.717) is 0 Å². The highest BCUT2D eigenvalue weighted by Crippen LogP contribution is 2.60. The quantitative estimate of drug-likeness (QED) is 0.295. The fourth-order valence-electron chi connectivity index (χ4n) is 2.22. The summed E-state index contributed by atoms with van der Waals surface area (Å²) in [7, 11) is -18.0. The van der Waals surface area contributed by atoms with Gasteiger partial charge in [-0.05, 0) is 6.07 Å². The third-order valence-electron chi connectivity index (χ3n) is 3.34. The number of nitrogens with zero attached hydrogens (tertiary/aromatic N) is 2. The van der Waals surface area contributed by atoms with Crippen LogP contribution in [0.25, 0.3) is 0 Å². The zero-order chi connectivity index (χ0) is 22.2. The van der Waals surface area contributed by atoms with E-state index in [9.17, 15) is 43.2 Å². The molecule has 29 heavy (non-hydrogen) atoms. The molecule has 1 saturated heterocycles. The minimum atomic E-state index is -6.13. The first-order chi connectivity index (χ1) is 13.1. The molecule has 1 aliphatic heterocycles. The molecule has 2 heterocycles. The summed E-state index contributed by atoms with van der Waals surface area (Å²) >= 11 is 0. The molecule has 6 unspecified atom stereocenters. The molecule has 6 atom stereocenters. The summed E-state index contributed by atoms with van der Waals surface area (Å²) in [5, 5.41) is 10.0. The van der Waals surface area contributed by atoms with Gasteiger partial charge in [-0.3, -0.25) is 18.0 Å². The van der Waals surface area contributed by atoms with E-state index < -0.39 is 60.2 Å². The third-order valence-corrected chi connectivity index (χ3v) is 7.01. The van der Waals surface area contributed by atoms with E-state index in [1.807, 2.05) is 0 Å². The zero-order valence-corrected chi connectivity index (χ0v) is 16.6. The van der Waals surface area contributed by atoms with Crippen LogP contribution in [0.1, 0.15) is 6.23 Å². The number of aliphatic hydroxyl groups is 1. The number of phosphoric ester groups is 1. The zero-order valence-electron chi connectivity index (χ0n) is 13.9. The lowest BCUT2D eigenvalue weighted by molar-refractivity contribution is -0.339. The van der Waals surface area contributed by atoms with Crippen molar-refractivity contribution >= 4 is 29.3 Å². The van der Waals surface area contributed by atoms with Crippen molar-refractivity contribution in [3.05, 3.63) is 22.7 Å². The van der Waals surface area contributed by atoms with Gasteiger partial charge in [-0.15, -0.1) is 0 Å². The van der Waals surface area contributed by atoms with Crippen LogP contribution in [0.3, 0.4) is 0 Å². The topological polar surface area (TPSA) is 288 Å². The van der Waals surface area contributed by atoms with Crippen LogP contribution in [0, 0.1) is 0 Å². The summed E-state index contributed by atoms with van der Waals surface area (Å²) in [4.78, 5) is 58.4. The molecule has 0 amide bonds. The Kier molecular flexibility index (Phi) is 7.20. The lowest BCUT2D eigenvalue weighted by atomic mass is 10.1. The van der Waals surface area contributed by atoms with Crippen LogP contribution in [-0.2, 0) is 31.6 Å². The van der Waals surface area contributed by atoms with Gasteiger partial charge in [-0.25, -0.2) is 9.11 Å². The summed E-state index contributed by atoms with van der Waals surface area (Å²) in [6.45, 7) is -1.06. The number of aliphatic hydroxyl groups excluding tert-OH is 1. The molecule has 0 bridgehead atoms. The van der Waals surface area contributed by atoms with Gasteiger partial charge in [-0.1, -0.05) is 0 Å². The molecule has 20 heteroatoms. The highest BCUT2D eigenvalue weighted by Gasteiger charge is 2.43. The number of nitrogen functional groups attached to an aromatic ring is 1. The number of phosphoric acid groups is 3. The monoisotopic (exact) mass is 478 g/mol. The normalized spacial score (nSPS) is 29.3. The van der Waals surface area contributed by atoms with E-state index in [-0.39, 0.29) is 5.82 Å². The van der Waals surface area contributed by atoms with Crippen LogP contribution in [0.5, 0.6) is 0 Å². The Morgan fingerprint density at radius 1 is 1.21 bits per heavy atom. The highest BCUT2D eigenvalue weighted by molar-refractivity contribution is 7.64. The average Bonchev–Trinajstić information content (AvgIpc) is 2.78. The van der Waals surface area contributed by atoms with Gasteiger partial charge in [0.1, 0.15) is 18.0 Å². The first-order valence-electron chi connectivity index (χ1n) is 7.25. The van der Waals surface area contributed by atoms with Crippen molar-refractivity contribution in [1.82, 2.24) is 9.55 Å². The number of nitrogens with two attached hydrogens (primary N) is 2. The molecule has 0 radical (unpaired) electrons. The molecule has 0 spiro atoms. The second-order valence-electron chi connectivity index (χ2n) is 5.48. The van der Waals surface area contributed by atoms with Gasteiger partial charge >= 0.3 is 5.69 Å². The number of anilines is 1. The van der Waals surface area contributed by atoms with Crippen LogP contribution in [0.4, 0.5) is 5.82 Å². The van der Waals surface area contributed by atoms with Gasteiger partial charge in [0.15, 0.2) is 6.23 Å². The Hall–Kier alpha value is -1.03. The first kappa shape index (κ1) is 24.2. The predicted octanol–water partition coefficient (Wildman–Crippen LogP) is -4.77. The van der Waals surface area contributed by atoms with E-state index >= 15 is 0 Å². The molecule has 166 valence electrons. The van der Waals surface area contributed by atoms with E-state index in [0.717, 1.165) is 10.8 Å². The van der Waals surface area contributed by atoms with E-state index in [1.165, 1.54) is 6.07 Å². The van der Waals surface area contributed by atoms with Gasteiger partial charge in [0.25, 0.3) is 15.6 Å². The van der Waals surface area contributed by atoms with Crippen molar-refractivity contribution in [2.75, 3.05) is 12.3 Å². The van der Waals surface area contributed by atoms with Crippen molar-refractivity contribution in [3.8, 4) is 0 Å². The van der Waals surface area contributed by atoms with E-state index in [2.05, 4.69) is 18.1 Å². The summed E-state index contributed by atoms with van der Waals surface area (Å²) < 4.78 is 49.5. The average molecular weight is 478 g/mol. The Bertz CT molecular complexity index is 948. The van der Waals surface area contributed by atoms with Crippen LogP contribution in [0.2, 0.25) is 0 Å².